The Morgan fingerprint density at radius 2 is 1.57 bits per heavy atom. The second-order valence-electron chi connectivity index (χ2n) is 9.41. The minimum Gasteiger partial charge on any atom is -0.326 e. The zero-order valence-corrected chi connectivity index (χ0v) is 23.1. The van der Waals surface area contributed by atoms with Crippen molar-refractivity contribution in [3.8, 4) is 22.6 Å². The topological polar surface area (TPSA) is 21.1 Å². The molecule has 1 heterocycles. The average molecular weight is 539 g/mol. The summed E-state index contributed by atoms with van der Waals surface area (Å²) in [5.74, 6) is 0.660. The summed E-state index contributed by atoms with van der Waals surface area (Å²) in [6.45, 7) is 7.54. The number of rotatable bonds is 12. The minimum atomic E-state index is -0.316. The fraction of sp³-hybridized carbons (Fsp3) is 0.323. The molecule has 0 amide bonds. The molecule has 0 aliphatic heterocycles. The molecule has 0 spiro atoms. The monoisotopic (exact) mass is 537 g/mol. The molecule has 4 aromatic rings. The van der Waals surface area contributed by atoms with Gasteiger partial charge in [0.1, 0.15) is 11.6 Å². The van der Waals surface area contributed by atoms with Crippen LogP contribution in [0.15, 0.2) is 72.8 Å². The molecular formula is C31H34Cl2FN3. The predicted octanol–water partition coefficient (Wildman–Crippen LogP) is 9.27. The van der Waals surface area contributed by atoms with Crippen LogP contribution in [0.25, 0.3) is 22.6 Å². The molecule has 0 aliphatic rings. The number of benzene rings is 3. The van der Waals surface area contributed by atoms with Crippen LogP contribution in [0.4, 0.5) is 4.39 Å². The van der Waals surface area contributed by atoms with E-state index in [1.807, 2.05) is 30.3 Å². The Balaban J connectivity index is 1.81. The van der Waals surface area contributed by atoms with Crippen LogP contribution in [-0.2, 0) is 19.6 Å². The van der Waals surface area contributed by atoms with E-state index in [1.54, 1.807) is 6.07 Å². The number of hydrogen-bond donors (Lipinski definition) is 0. The maximum absolute atomic E-state index is 13.7. The van der Waals surface area contributed by atoms with Crippen molar-refractivity contribution in [3.63, 3.8) is 0 Å². The van der Waals surface area contributed by atoms with Gasteiger partial charge in [0, 0.05) is 40.8 Å². The second-order valence-corrected chi connectivity index (χ2v) is 10.3. The molecule has 0 atom stereocenters. The Kier molecular flexibility index (Phi) is 9.79. The van der Waals surface area contributed by atoms with E-state index in [1.165, 1.54) is 17.8 Å². The smallest absolute Gasteiger partial charge is 0.140 e. The quantitative estimate of drug-likeness (QED) is 0.179. The molecule has 0 saturated carbocycles. The first kappa shape index (κ1) is 27.4. The largest absolute Gasteiger partial charge is 0.326 e. The van der Waals surface area contributed by atoms with Crippen LogP contribution in [0.2, 0.25) is 10.0 Å². The maximum Gasteiger partial charge on any atom is 0.140 e. The van der Waals surface area contributed by atoms with Crippen LogP contribution < -0.4 is 0 Å². The van der Waals surface area contributed by atoms with Gasteiger partial charge in [-0.15, -0.1) is 0 Å². The molecule has 0 saturated heterocycles. The van der Waals surface area contributed by atoms with Crippen LogP contribution in [0, 0.1) is 5.82 Å². The number of halogens is 3. The molecule has 4 rings (SSSR count). The van der Waals surface area contributed by atoms with Gasteiger partial charge in [0.25, 0.3) is 0 Å². The molecule has 0 N–H and O–H groups in total. The van der Waals surface area contributed by atoms with Gasteiger partial charge >= 0.3 is 0 Å². The van der Waals surface area contributed by atoms with Crippen molar-refractivity contribution >= 4 is 23.2 Å². The molecule has 0 unspecified atom stereocenters. The van der Waals surface area contributed by atoms with Crippen LogP contribution in [0.3, 0.4) is 0 Å². The maximum atomic E-state index is 13.7. The van der Waals surface area contributed by atoms with Crippen molar-refractivity contribution in [3.05, 3.63) is 99.9 Å². The molecule has 37 heavy (non-hydrogen) atoms. The van der Waals surface area contributed by atoms with Crippen molar-refractivity contribution in [2.45, 2.75) is 59.2 Å². The Labute approximate surface area is 229 Å². The SMILES string of the molecule is CCCCN(Cc1ccc(F)cc1Cl)Cc1c(-c2ccc(Cl)cc2)nc(-c2ccccc2)n1CCCC. The lowest BCUT2D eigenvalue weighted by atomic mass is 10.1. The molecule has 6 heteroatoms. The van der Waals surface area contributed by atoms with Gasteiger partial charge in [0.15, 0.2) is 0 Å². The predicted molar refractivity (Wildman–Crippen MR) is 153 cm³/mol. The van der Waals surface area contributed by atoms with Gasteiger partial charge in [-0.2, -0.15) is 0 Å². The molecular weight excluding hydrogens is 504 g/mol. The van der Waals surface area contributed by atoms with Crippen molar-refractivity contribution in [1.82, 2.24) is 14.5 Å². The average Bonchev–Trinajstić information content (AvgIpc) is 3.26. The van der Waals surface area contributed by atoms with Gasteiger partial charge in [0.2, 0.25) is 0 Å². The summed E-state index contributed by atoms with van der Waals surface area (Å²) in [6.07, 6.45) is 4.29. The molecule has 0 radical (unpaired) electrons. The molecule has 3 nitrogen and oxygen atoms in total. The molecule has 0 fully saturated rings. The minimum absolute atomic E-state index is 0.316. The van der Waals surface area contributed by atoms with Crippen molar-refractivity contribution in [2.75, 3.05) is 6.54 Å². The summed E-state index contributed by atoms with van der Waals surface area (Å²) in [7, 11) is 0. The van der Waals surface area contributed by atoms with E-state index in [2.05, 4.69) is 47.6 Å². The number of aromatic nitrogens is 2. The van der Waals surface area contributed by atoms with Crippen LogP contribution in [0.1, 0.15) is 50.8 Å². The second kappa shape index (κ2) is 13.2. The van der Waals surface area contributed by atoms with E-state index in [9.17, 15) is 4.39 Å². The number of imidazole rings is 1. The summed E-state index contributed by atoms with van der Waals surface area (Å²) < 4.78 is 16.1. The lowest BCUT2D eigenvalue weighted by Gasteiger charge is -2.25. The zero-order valence-electron chi connectivity index (χ0n) is 21.6. The van der Waals surface area contributed by atoms with Gasteiger partial charge in [-0.05, 0) is 49.2 Å². The van der Waals surface area contributed by atoms with E-state index >= 15 is 0 Å². The number of hydrogen-bond acceptors (Lipinski definition) is 2. The summed E-state index contributed by atoms with van der Waals surface area (Å²) >= 11 is 12.7. The fourth-order valence-corrected chi connectivity index (χ4v) is 4.90. The third-order valence-corrected chi connectivity index (χ3v) is 7.17. The van der Waals surface area contributed by atoms with E-state index < -0.39 is 0 Å². The summed E-state index contributed by atoms with van der Waals surface area (Å²) in [6, 6.07) is 23.0. The van der Waals surface area contributed by atoms with Gasteiger partial charge in [-0.25, -0.2) is 9.37 Å². The van der Waals surface area contributed by atoms with Gasteiger partial charge < -0.3 is 4.57 Å². The highest BCUT2D eigenvalue weighted by Gasteiger charge is 2.22. The molecule has 194 valence electrons. The Hall–Kier alpha value is -2.66. The van der Waals surface area contributed by atoms with Crippen molar-refractivity contribution < 1.29 is 4.39 Å². The van der Waals surface area contributed by atoms with Crippen molar-refractivity contribution in [1.29, 1.82) is 0 Å². The summed E-state index contributed by atoms with van der Waals surface area (Å²) in [5.41, 5.74) is 5.21. The standard InChI is InChI=1S/C31H34Cl2FN3/c1-3-5-18-36(21-25-14-17-27(34)20-28(25)33)22-29-30(23-12-15-26(32)16-13-23)35-31(37(29)19-6-4-2)24-10-8-7-9-11-24/h7-17,20H,3-6,18-19,21-22H2,1-2H3. The molecule has 0 bridgehead atoms. The van der Waals surface area contributed by atoms with Crippen molar-refractivity contribution in [2.24, 2.45) is 0 Å². The lowest BCUT2D eigenvalue weighted by molar-refractivity contribution is 0.246. The fourth-order valence-electron chi connectivity index (χ4n) is 4.55. The highest BCUT2D eigenvalue weighted by Crippen LogP contribution is 2.32. The van der Waals surface area contributed by atoms with E-state index in [-0.39, 0.29) is 5.82 Å². The van der Waals surface area contributed by atoms with Crippen LogP contribution >= 0.6 is 23.2 Å². The first-order chi connectivity index (χ1) is 18.0. The highest BCUT2D eigenvalue weighted by molar-refractivity contribution is 6.31. The normalized spacial score (nSPS) is 11.4. The zero-order chi connectivity index (χ0) is 26.2. The van der Waals surface area contributed by atoms with E-state index in [0.29, 0.717) is 23.1 Å². The van der Waals surface area contributed by atoms with Gasteiger partial charge in [-0.1, -0.05) is 98.4 Å². The Morgan fingerprint density at radius 1 is 0.838 bits per heavy atom. The first-order valence-corrected chi connectivity index (χ1v) is 13.8. The third kappa shape index (κ3) is 7.01. The van der Waals surface area contributed by atoms with E-state index in [4.69, 9.17) is 28.2 Å². The highest BCUT2D eigenvalue weighted by atomic mass is 35.5. The van der Waals surface area contributed by atoms with E-state index in [0.717, 1.165) is 67.0 Å². The summed E-state index contributed by atoms with van der Waals surface area (Å²) in [5, 5.41) is 1.17. The lowest BCUT2D eigenvalue weighted by Crippen LogP contribution is -2.26. The van der Waals surface area contributed by atoms with Crippen LogP contribution in [0.5, 0.6) is 0 Å². The number of unbranched alkanes of at least 4 members (excludes halogenated alkanes) is 2. The Bertz CT molecular complexity index is 1290. The Morgan fingerprint density at radius 3 is 2.24 bits per heavy atom. The molecule has 3 aromatic carbocycles. The summed E-state index contributed by atoms with van der Waals surface area (Å²) in [4.78, 5) is 7.62. The molecule has 0 aliphatic carbocycles. The first-order valence-electron chi connectivity index (χ1n) is 13.1. The van der Waals surface area contributed by atoms with Gasteiger partial charge in [-0.3, -0.25) is 4.90 Å². The van der Waals surface area contributed by atoms with Crippen LogP contribution in [-0.4, -0.2) is 21.0 Å². The number of nitrogens with zero attached hydrogens (tertiary/aromatic N) is 3. The molecule has 1 aromatic heterocycles. The third-order valence-electron chi connectivity index (χ3n) is 6.57. The van der Waals surface area contributed by atoms with Gasteiger partial charge in [0.05, 0.1) is 11.4 Å².